The zero-order chi connectivity index (χ0) is 21.4. The highest BCUT2D eigenvalue weighted by Gasteiger charge is 2.35. The van der Waals surface area contributed by atoms with Gasteiger partial charge in [0.2, 0.25) is 0 Å². The van der Waals surface area contributed by atoms with Crippen molar-refractivity contribution >= 4 is 57.0 Å². The van der Waals surface area contributed by atoms with Crippen molar-refractivity contribution in [1.29, 1.82) is 0 Å². The zero-order valence-electron chi connectivity index (χ0n) is 17.8. The molecule has 0 saturated carbocycles. The molecule has 3 aliphatic rings. The molecular formula is C24H27N3O2S2. The fraction of sp³-hybridized carbons (Fsp3) is 0.458. The molecule has 3 fully saturated rings. The van der Waals surface area contributed by atoms with Crippen molar-refractivity contribution in [3.63, 3.8) is 0 Å². The van der Waals surface area contributed by atoms with E-state index in [0.717, 1.165) is 73.6 Å². The summed E-state index contributed by atoms with van der Waals surface area (Å²) in [4.78, 5) is 22.9. The normalized spacial score (nSPS) is 24.2. The number of ether oxygens (including phenoxy) is 1. The molecule has 3 saturated heterocycles. The molecule has 162 valence electrons. The largest absolute Gasteiger partial charge is 0.376 e. The molecule has 0 spiro atoms. The maximum absolute atomic E-state index is 13.2. The van der Waals surface area contributed by atoms with Crippen molar-refractivity contribution < 1.29 is 9.53 Å². The van der Waals surface area contributed by atoms with Gasteiger partial charge in [-0.05, 0) is 49.8 Å². The van der Waals surface area contributed by atoms with Gasteiger partial charge in [0.05, 0.1) is 23.1 Å². The van der Waals surface area contributed by atoms with Crippen LogP contribution in [0.15, 0.2) is 35.2 Å². The summed E-state index contributed by atoms with van der Waals surface area (Å²) in [5, 5.41) is 1.08. The average molecular weight is 454 g/mol. The number of benzene rings is 1. The Morgan fingerprint density at radius 3 is 2.84 bits per heavy atom. The van der Waals surface area contributed by atoms with E-state index in [1.54, 1.807) is 4.90 Å². The van der Waals surface area contributed by atoms with Crippen LogP contribution in [0.3, 0.4) is 0 Å². The number of carbonyl (C=O) groups is 1. The van der Waals surface area contributed by atoms with Gasteiger partial charge in [-0.25, -0.2) is 4.98 Å². The third-order valence-corrected chi connectivity index (χ3v) is 7.76. The Morgan fingerprint density at radius 1 is 1.26 bits per heavy atom. The van der Waals surface area contributed by atoms with Crippen LogP contribution < -0.4 is 4.90 Å². The number of pyridine rings is 1. The number of piperidine rings is 1. The molecule has 4 heterocycles. The molecule has 5 rings (SSSR count). The number of thioether (sulfide) groups is 1. The molecule has 2 aromatic rings. The summed E-state index contributed by atoms with van der Waals surface area (Å²) in [5.41, 5.74) is 1.98. The van der Waals surface area contributed by atoms with Crippen LogP contribution in [0.25, 0.3) is 17.0 Å². The van der Waals surface area contributed by atoms with Crippen LogP contribution in [-0.4, -0.2) is 52.5 Å². The Bertz CT molecular complexity index is 1040. The Morgan fingerprint density at radius 2 is 2.06 bits per heavy atom. The quantitative estimate of drug-likeness (QED) is 0.487. The van der Waals surface area contributed by atoms with Gasteiger partial charge in [-0.3, -0.25) is 9.69 Å². The van der Waals surface area contributed by atoms with E-state index in [1.807, 2.05) is 18.2 Å². The number of thiocarbonyl (C=S) groups is 1. The van der Waals surface area contributed by atoms with E-state index in [1.165, 1.54) is 11.8 Å². The lowest BCUT2D eigenvalue weighted by molar-refractivity contribution is -0.123. The number of hydrogen-bond donors (Lipinski definition) is 0. The summed E-state index contributed by atoms with van der Waals surface area (Å²) >= 11 is 6.93. The maximum atomic E-state index is 13.2. The summed E-state index contributed by atoms with van der Waals surface area (Å²) in [6.45, 7) is 5.62. The molecule has 1 atom stereocenters. The summed E-state index contributed by atoms with van der Waals surface area (Å²) in [6.07, 6.45) is 6.45. The zero-order valence-corrected chi connectivity index (χ0v) is 19.4. The first kappa shape index (κ1) is 20.9. The van der Waals surface area contributed by atoms with E-state index in [9.17, 15) is 4.79 Å². The van der Waals surface area contributed by atoms with E-state index in [-0.39, 0.29) is 12.0 Å². The van der Waals surface area contributed by atoms with Crippen molar-refractivity contribution in [2.24, 2.45) is 5.92 Å². The predicted molar refractivity (Wildman–Crippen MR) is 131 cm³/mol. The third kappa shape index (κ3) is 4.36. The average Bonchev–Trinajstić information content (AvgIpc) is 3.38. The van der Waals surface area contributed by atoms with Crippen LogP contribution in [0.5, 0.6) is 0 Å². The molecule has 5 nitrogen and oxygen atoms in total. The number of hydrogen-bond acceptors (Lipinski definition) is 6. The first-order chi connectivity index (χ1) is 15.1. The van der Waals surface area contributed by atoms with Crippen LogP contribution in [0, 0.1) is 5.92 Å². The van der Waals surface area contributed by atoms with Gasteiger partial charge < -0.3 is 9.64 Å². The lowest BCUT2D eigenvalue weighted by atomic mass is 9.98. The molecule has 1 aromatic carbocycles. The summed E-state index contributed by atoms with van der Waals surface area (Å²) < 4.78 is 6.34. The molecular weight excluding hydrogens is 426 g/mol. The molecule has 1 unspecified atom stereocenters. The van der Waals surface area contributed by atoms with Gasteiger partial charge in [0.25, 0.3) is 5.91 Å². The fourth-order valence-corrected chi connectivity index (χ4v) is 5.76. The number of rotatable bonds is 4. The molecule has 7 heteroatoms. The minimum absolute atomic E-state index is 0.0168. The number of carbonyl (C=O) groups excluding carboxylic acids is 1. The van der Waals surface area contributed by atoms with E-state index in [4.69, 9.17) is 21.9 Å². The first-order valence-electron chi connectivity index (χ1n) is 11.1. The third-order valence-electron chi connectivity index (χ3n) is 6.39. The van der Waals surface area contributed by atoms with Gasteiger partial charge in [0.1, 0.15) is 10.1 Å². The smallest absolute Gasteiger partial charge is 0.266 e. The van der Waals surface area contributed by atoms with Crippen LogP contribution in [0.1, 0.15) is 38.2 Å². The van der Waals surface area contributed by atoms with Gasteiger partial charge in [-0.2, -0.15) is 0 Å². The van der Waals surface area contributed by atoms with Gasteiger partial charge >= 0.3 is 0 Å². The second-order valence-electron chi connectivity index (χ2n) is 8.69. The van der Waals surface area contributed by atoms with Gasteiger partial charge in [0, 0.05) is 30.6 Å². The molecule has 1 aromatic heterocycles. The SMILES string of the molecule is CC1CCN(c2nc3ccccc3cc2/C=C2\SC(=S)N(CC3CCCO3)C2=O)CC1. The molecule has 31 heavy (non-hydrogen) atoms. The standard InChI is InChI=1S/C24H27N3O2S2/c1-16-8-10-26(11-9-16)22-18(13-17-5-2-3-7-20(17)25-22)14-21-23(28)27(24(30)31-21)15-19-6-4-12-29-19/h2-3,5,7,13-14,16,19H,4,6,8-12,15H2,1H3/b21-14-. The number of para-hydroxylation sites is 1. The van der Waals surface area contributed by atoms with Crippen LogP contribution in [-0.2, 0) is 9.53 Å². The van der Waals surface area contributed by atoms with Crippen LogP contribution in [0.2, 0.25) is 0 Å². The van der Waals surface area contributed by atoms with E-state index in [2.05, 4.69) is 30.0 Å². The lowest BCUT2D eigenvalue weighted by Crippen LogP contribution is -2.35. The Hall–Kier alpha value is -1.96. The monoisotopic (exact) mass is 453 g/mol. The number of fused-ring (bicyclic) bond motifs is 1. The fourth-order valence-electron chi connectivity index (χ4n) is 4.49. The Balaban J connectivity index is 1.48. The van der Waals surface area contributed by atoms with E-state index >= 15 is 0 Å². The number of nitrogens with zero attached hydrogens (tertiary/aromatic N) is 3. The topological polar surface area (TPSA) is 45.7 Å². The van der Waals surface area contributed by atoms with Crippen molar-refractivity contribution in [1.82, 2.24) is 9.88 Å². The van der Waals surface area contributed by atoms with Gasteiger partial charge in [-0.15, -0.1) is 0 Å². The van der Waals surface area contributed by atoms with Gasteiger partial charge in [-0.1, -0.05) is 49.1 Å². The minimum Gasteiger partial charge on any atom is -0.376 e. The van der Waals surface area contributed by atoms with Crippen LogP contribution >= 0.6 is 24.0 Å². The van der Waals surface area contributed by atoms with E-state index < -0.39 is 0 Å². The van der Waals surface area contributed by atoms with Crippen molar-refractivity contribution in [2.45, 2.75) is 38.7 Å². The highest BCUT2D eigenvalue weighted by atomic mass is 32.2. The van der Waals surface area contributed by atoms with Crippen LogP contribution in [0.4, 0.5) is 5.82 Å². The van der Waals surface area contributed by atoms with Crippen molar-refractivity contribution in [2.75, 3.05) is 31.1 Å². The molecule has 0 N–H and O–H groups in total. The molecule has 3 aliphatic heterocycles. The summed E-state index contributed by atoms with van der Waals surface area (Å²) in [7, 11) is 0. The number of aromatic nitrogens is 1. The summed E-state index contributed by atoms with van der Waals surface area (Å²) in [6, 6.07) is 10.3. The maximum Gasteiger partial charge on any atom is 0.266 e. The number of anilines is 1. The van der Waals surface area contributed by atoms with Crippen molar-refractivity contribution in [3.8, 4) is 0 Å². The Labute approximate surface area is 192 Å². The second kappa shape index (κ2) is 8.88. The minimum atomic E-state index is -0.0168. The number of amides is 1. The van der Waals surface area contributed by atoms with E-state index in [0.29, 0.717) is 15.8 Å². The molecule has 1 amide bonds. The lowest BCUT2D eigenvalue weighted by Gasteiger charge is -2.32. The first-order valence-corrected chi connectivity index (χ1v) is 12.3. The molecule has 0 aliphatic carbocycles. The molecule has 0 radical (unpaired) electrons. The highest BCUT2D eigenvalue weighted by Crippen LogP contribution is 2.36. The summed E-state index contributed by atoms with van der Waals surface area (Å²) in [5.74, 6) is 1.70. The second-order valence-corrected chi connectivity index (χ2v) is 10.4. The van der Waals surface area contributed by atoms with Gasteiger partial charge in [0.15, 0.2) is 0 Å². The molecule has 0 bridgehead atoms. The van der Waals surface area contributed by atoms with Crippen molar-refractivity contribution in [3.05, 3.63) is 40.8 Å². The highest BCUT2D eigenvalue weighted by molar-refractivity contribution is 8.26. The Kier molecular flexibility index (Phi) is 5.99. The predicted octanol–water partition coefficient (Wildman–Crippen LogP) is 4.85.